The minimum atomic E-state index is -0.355. The van der Waals surface area contributed by atoms with E-state index in [1.165, 1.54) is 23.9 Å². The number of ether oxygens (including phenoxy) is 1. The van der Waals surface area contributed by atoms with Crippen LogP contribution in [0.4, 0.5) is 10.3 Å². The summed E-state index contributed by atoms with van der Waals surface area (Å²) in [6.07, 6.45) is 0. The van der Waals surface area contributed by atoms with Crippen LogP contribution >= 0.6 is 23.4 Å². The molecular weight excluding hydrogens is 453 g/mol. The van der Waals surface area contributed by atoms with E-state index in [0.29, 0.717) is 48.1 Å². The van der Waals surface area contributed by atoms with E-state index >= 15 is 0 Å². The van der Waals surface area contributed by atoms with Gasteiger partial charge in [0.05, 0.1) is 30.7 Å². The van der Waals surface area contributed by atoms with Gasteiger partial charge in [0.15, 0.2) is 5.16 Å². The highest BCUT2D eigenvalue weighted by Gasteiger charge is 2.23. The number of rotatable bonds is 7. The number of carbonyl (C=O) groups is 1. The third-order valence-electron chi connectivity index (χ3n) is 5.06. The van der Waals surface area contributed by atoms with Crippen LogP contribution in [0.5, 0.6) is 0 Å². The summed E-state index contributed by atoms with van der Waals surface area (Å²) >= 11 is 7.48. The Labute approximate surface area is 194 Å². The molecule has 7 nitrogen and oxygen atoms in total. The second-order valence-electron chi connectivity index (χ2n) is 7.30. The molecule has 10 heteroatoms. The number of aromatic nitrogens is 3. The summed E-state index contributed by atoms with van der Waals surface area (Å²) in [7, 11) is 0. The lowest BCUT2D eigenvalue weighted by Crippen LogP contribution is -2.37. The van der Waals surface area contributed by atoms with Crippen molar-refractivity contribution in [3.05, 3.63) is 64.9 Å². The fourth-order valence-electron chi connectivity index (χ4n) is 3.48. The number of nitrogens with one attached hydrogen (secondary N) is 1. The van der Waals surface area contributed by atoms with Gasteiger partial charge in [-0.05, 0) is 36.8 Å². The van der Waals surface area contributed by atoms with Crippen LogP contribution in [0.3, 0.4) is 0 Å². The zero-order valence-corrected chi connectivity index (χ0v) is 19.1. The van der Waals surface area contributed by atoms with Crippen molar-refractivity contribution in [3.63, 3.8) is 0 Å². The van der Waals surface area contributed by atoms with Crippen LogP contribution in [0.2, 0.25) is 5.02 Å². The number of nitrogens with zero attached hydrogens (tertiary/aromatic N) is 4. The molecular formula is C22H23ClFN5O2S. The summed E-state index contributed by atoms with van der Waals surface area (Å²) in [5.74, 6) is 0.215. The fraction of sp³-hybridized carbons (Fsp3) is 0.318. The molecule has 168 valence electrons. The average Bonchev–Trinajstić information content (AvgIpc) is 3.22. The first kappa shape index (κ1) is 22.6. The van der Waals surface area contributed by atoms with Crippen molar-refractivity contribution < 1.29 is 13.9 Å². The van der Waals surface area contributed by atoms with Crippen LogP contribution in [-0.4, -0.2) is 52.7 Å². The van der Waals surface area contributed by atoms with Crippen molar-refractivity contribution >= 4 is 35.2 Å². The van der Waals surface area contributed by atoms with Crippen LogP contribution in [-0.2, 0) is 9.53 Å². The number of benzene rings is 2. The van der Waals surface area contributed by atoms with Gasteiger partial charge in [0.25, 0.3) is 0 Å². The van der Waals surface area contributed by atoms with Gasteiger partial charge in [-0.1, -0.05) is 47.6 Å². The molecule has 1 unspecified atom stereocenters. The summed E-state index contributed by atoms with van der Waals surface area (Å²) in [5.41, 5.74) is 1.45. The van der Waals surface area contributed by atoms with E-state index in [-0.39, 0.29) is 23.5 Å². The van der Waals surface area contributed by atoms with Crippen LogP contribution < -0.4 is 10.2 Å². The van der Waals surface area contributed by atoms with E-state index in [1.807, 2.05) is 30.0 Å². The van der Waals surface area contributed by atoms with Gasteiger partial charge in [0.2, 0.25) is 11.9 Å². The molecule has 1 saturated heterocycles. The zero-order valence-electron chi connectivity index (χ0n) is 17.5. The van der Waals surface area contributed by atoms with Gasteiger partial charge in [0.1, 0.15) is 5.82 Å². The van der Waals surface area contributed by atoms with E-state index in [1.54, 1.807) is 22.8 Å². The molecule has 3 aromatic rings. The molecule has 2 heterocycles. The highest BCUT2D eigenvalue weighted by molar-refractivity contribution is 7.99. The maximum atomic E-state index is 13.9. The molecule has 1 amide bonds. The molecule has 0 saturated carbocycles. The first-order chi connectivity index (χ1) is 15.5. The highest BCUT2D eigenvalue weighted by atomic mass is 35.5. The van der Waals surface area contributed by atoms with Crippen molar-refractivity contribution in [1.29, 1.82) is 0 Å². The quantitative estimate of drug-likeness (QED) is 0.523. The van der Waals surface area contributed by atoms with Crippen molar-refractivity contribution in [2.24, 2.45) is 0 Å². The second-order valence-corrected chi connectivity index (χ2v) is 8.65. The highest BCUT2D eigenvalue weighted by Crippen LogP contribution is 2.28. The van der Waals surface area contributed by atoms with Crippen molar-refractivity contribution in [1.82, 2.24) is 20.1 Å². The third-order valence-corrected chi connectivity index (χ3v) is 6.33. The number of hydrogen-bond acceptors (Lipinski definition) is 6. The summed E-state index contributed by atoms with van der Waals surface area (Å²) in [4.78, 5) is 14.6. The van der Waals surface area contributed by atoms with Gasteiger partial charge in [-0.25, -0.2) is 4.39 Å². The molecule has 1 aliphatic rings. The lowest BCUT2D eigenvalue weighted by Gasteiger charge is -2.27. The van der Waals surface area contributed by atoms with Crippen molar-refractivity contribution in [2.45, 2.75) is 18.1 Å². The minimum Gasteiger partial charge on any atom is -0.378 e. The van der Waals surface area contributed by atoms with Crippen LogP contribution in [0.1, 0.15) is 18.5 Å². The average molecular weight is 476 g/mol. The summed E-state index contributed by atoms with van der Waals surface area (Å²) < 4.78 is 21.2. The molecule has 1 aliphatic heterocycles. The number of thioether (sulfide) groups is 1. The first-order valence-electron chi connectivity index (χ1n) is 10.2. The van der Waals surface area contributed by atoms with E-state index in [9.17, 15) is 9.18 Å². The number of carbonyl (C=O) groups excluding carboxylic acids is 1. The van der Waals surface area contributed by atoms with E-state index < -0.39 is 0 Å². The normalized spacial score (nSPS) is 14.9. The van der Waals surface area contributed by atoms with Gasteiger partial charge in [0, 0.05) is 18.1 Å². The van der Waals surface area contributed by atoms with Gasteiger partial charge in [-0.2, -0.15) is 0 Å². The molecule has 2 aromatic carbocycles. The second kappa shape index (κ2) is 10.3. The predicted molar refractivity (Wildman–Crippen MR) is 123 cm³/mol. The molecule has 0 bridgehead atoms. The molecule has 1 fully saturated rings. The zero-order chi connectivity index (χ0) is 22.5. The first-order valence-corrected chi connectivity index (χ1v) is 11.6. The van der Waals surface area contributed by atoms with Gasteiger partial charge in [-0.3, -0.25) is 9.36 Å². The van der Waals surface area contributed by atoms with Gasteiger partial charge >= 0.3 is 0 Å². The smallest absolute Gasteiger partial charge is 0.232 e. The Morgan fingerprint density at radius 2 is 2.00 bits per heavy atom. The third kappa shape index (κ3) is 5.23. The molecule has 0 spiro atoms. The van der Waals surface area contributed by atoms with Crippen LogP contribution in [0.25, 0.3) is 5.69 Å². The van der Waals surface area contributed by atoms with E-state index in [4.69, 9.17) is 16.3 Å². The summed E-state index contributed by atoms with van der Waals surface area (Å²) in [5, 5.41) is 12.7. The Balaban J connectivity index is 1.51. The largest absolute Gasteiger partial charge is 0.378 e. The Morgan fingerprint density at radius 1 is 1.22 bits per heavy atom. The lowest BCUT2D eigenvalue weighted by molar-refractivity contribution is -0.119. The van der Waals surface area contributed by atoms with E-state index in [0.717, 1.165) is 5.56 Å². The standard InChI is InChI=1S/C22H23ClFN5O2S/c1-15(18-7-2-3-8-19(18)23)25-20(30)14-32-22-27-26-21(28-9-11-31-12-10-28)29(22)17-6-4-5-16(24)13-17/h2-8,13,15H,9-12,14H2,1H3,(H,25,30). The van der Waals surface area contributed by atoms with Crippen molar-refractivity contribution in [2.75, 3.05) is 37.0 Å². The fourth-order valence-corrected chi connectivity index (χ4v) is 4.54. The maximum absolute atomic E-state index is 13.9. The number of hydrogen-bond donors (Lipinski definition) is 1. The molecule has 4 rings (SSSR count). The lowest BCUT2D eigenvalue weighted by atomic mass is 10.1. The molecule has 1 atom stereocenters. The SMILES string of the molecule is CC(NC(=O)CSc1nnc(N2CCOCC2)n1-c1cccc(F)c1)c1ccccc1Cl. The Hall–Kier alpha value is -2.62. The monoisotopic (exact) mass is 475 g/mol. The minimum absolute atomic E-state index is 0.130. The van der Waals surface area contributed by atoms with Crippen LogP contribution in [0.15, 0.2) is 53.7 Å². The number of morpholine rings is 1. The summed E-state index contributed by atoms with van der Waals surface area (Å²) in [6, 6.07) is 13.4. The number of anilines is 1. The Morgan fingerprint density at radius 3 is 2.75 bits per heavy atom. The number of amides is 1. The molecule has 0 aliphatic carbocycles. The van der Waals surface area contributed by atoms with Gasteiger partial charge < -0.3 is 15.0 Å². The predicted octanol–water partition coefficient (Wildman–Crippen LogP) is 3.87. The molecule has 1 aromatic heterocycles. The topological polar surface area (TPSA) is 72.3 Å². The Kier molecular flexibility index (Phi) is 7.29. The molecule has 0 radical (unpaired) electrons. The Bertz CT molecular complexity index is 1090. The maximum Gasteiger partial charge on any atom is 0.232 e. The van der Waals surface area contributed by atoms with Crippen molar-refractivity contribution in [3.8, 4) is 5.69 Å². The van der Waals surface area contributed by atoms with E-state index in [2.05, 4.69) is 15.5 Å². The molecule has 1 N–H and O–H groups in total. The summed E-state index contributed by atoms with van der Waals surface area (Å²) in [6.45, 7) is 4.37. The van der Waals surface area contributed by atoms with Crippen LogP contribution in [0, 0.1) is 5.82 Å². The van der Waals surface area contributed by atoms with Gasteiger partial charge in [-0.15, -0.1) is 10.2 Å². The number of halogens is 2. The molecule has 32 heavy (non-hydrogen) atoms.